The van der Waals surface area contributed by atoms with Gasteiger partial charge in [0.1, 0.15) is 24.5 Å². The number of benzene rings is 2. The topological polar surface area (TPSA) is 118 Å². The second-order valence-electron chi connectivity index (χ2n) is 14.0. The molecule has 4 aliphatic rings. The summed E-state index contributed by atoms with van der Waals surface area (Å²) in [6.07, 6.45) is 4.50. The highest BCUT2D eigenvalue weighted by Crippen LogP contribution is 2.61. The number of anilines is 1. The minimum atomic E-state index is -0.287. The molecule has 0 amide bonds. The highest BCUT2D eigenvalue weighted by atomic mass is 19.1. The standard InChI is InChI=1S/C34H43FN10O/c1-21-18-43(14-12-36-21)33(40-29-16-24-15-28(22(29)2)34(24,3)4)38-26-9-10-27-30(17-26)39-31(19-44-20-37-41-42-44)45(32(27)46)13-11-23-5-7-25(35)8-6-23/h5-10,17,20-22,24,28-29,36H,11-16,18-19H2,1-4H3,(H,38,40)/t21-,22-,24-,28+,29-/m0/s1. The lowest BCUT2D eigenvalue weighted by molar-refractivity contribution is -0.108. The molecule has 1 aliphatic heterocycles. The van der Waals surface area contributed by atoms with Crippen LogP contribution < -0.4 is 16.2 Å². The summed E-state index contributed by atoms with van der Waals surface area (Å²) in [6.45, 7) is 12.7. The Morgan fingerprint density at radius 1 is 1.15 bits per heavy atom. The van der Waals surface area contributed by atoms with Crippen LogP contribution in [0.4, 0.5) is 10.1 Å². The first-order valence-corrected chi connectivity index (χ1v) is 16.5. The van der Waals surface area contributed by atoms with E-state index < -0.39 is 0 Å². The van der Waals surface area contributed by atoms with E-state index in [0.717, 1.165) is 49.2 Å². The van der Waals surface area contributed by atoms with Gasteiger partial charge in [0.15, 0.2) is 5.96 Å². The molecule has 11 nitrogen and oxygen atoms in total. The van der Waals surface area contributed by atoms with E-state index in [4.69, 9.17) is 9.98 Å². The van der Waals surface area contributed by atoms with Crippen molar-refractivity contribution in [3.63, 3.8) is 0 Å². The second-order valence-corrected chi connectivity index (χ2v) is 14.0. The number of aromatic nitrogens is 6. The fraction of sp³-hybridized carbons (Fsp3) is 0.529. The van der Waals surface area contributed by atoms with Gasteiger partial charge in [0.2, 0.25) is 0 Å². The van der Waals surface area contributed by atoms with E-state index in [-0.39, 0.29) is 24.0 Å². The zero-order valence-corrected chi connectivity index (χ0v) is 27.0. The van der Waals surface area contributed by atoms with E-state index in [1.54, 1.807) is 21.4 Å². The van der Waals surface area contributed by atoms with Crippen LogP contribution in [0.5, 0.6) is 0 Å². The number of nitrogens with one attached hydrogen (secondary N) is 2. The summed E-state index contributed by atoms with van der Waals surface area (Å²) < 4.78 is 16.7. The average Bonchev–Trinajstić information content (AvgIpc) is 3.55. The number of tetrazole rings is 1. The van der Waals surface area contributed by atoms with E-state index in [1.165, 1.54) is 24.9 Å². The third-order valence-corrected chi connectivity index (χ3v) is 10.8. The summed E-state index contributed by atoms with van der Waals surface area (Å²) in [5, 5.41) is 19.2. The first-order valence-electron chi connectivity index (χ1n) is 16.5. The molecule has 2 aromatic carbocycles. The zero-order valence-electron chi connectivity index (χ0n) is 27.0. The number of hydrogen-bond donors (Lipinski definition) is 2. The third-order valence-electron chi connectivity index (χ3n) is 10.8. The minimum Gasteiger partial charge on any atom is -0.340 e. The van der Waals surface area contributed by atoms with Crippen LogP contribution in [0.1, 0.15) is 51.9 Å². The molecule has 0 unspecified atom stereocenters. The molecule has 3 heterocycles. The molecule has 12 heteroatoms. The van der Waals surface area contributed by atoms with Crippen molar-refractivity contribution >= 4 is 22.5 Å². The normalized spacial score (nSPS) is 25.8. The maximum absolute atomic E-state index is 13.9. The van der Waals surface area contributed by atoms with Crippen LogP contribution >= 0.6 is 0 Å². The van der Waals surface area contributed by atoms with Crippen molar-refractivity contribution in [3.8, 4) is 0 Å². The molecule has 46 heavy (non-hydrogen) atoms. The van der Waals surface area contributed by atoms with Crippen LogP contribution in [0.15, 0.2) is 58.6 Å². The number of hydrogen-bond acceptors (Lipinski definition) is 7. The molecule has 3 saturated carbocycles. The summed E-state index contributed by atoms with van der Waals surface area (Å²) in [5.74, 6) is 3.11. The predicted molar refractivity (Wildman–Crippen MR) is 176 cm³/mol. The summed E-state index contributed by atoms with van der Waals surface area (Å²) in [5.41, 5.74) is 2.64. The monoisotopic (exact) mass is 626 g/mol. The van der Waals surface area contributed by atoms with Crippen molar-refractivity contribution in [2.75, 3.05) is 25.0 Å². The molecule has 0 radical (unpaired) electrons. The van der Waals surface area contributed by atoms with E-state index in [9.17, 15) is 9.18 Å². The molecular weight excluding hydrogens is 583 g/mol. The van der Waals surface area contributed by atoms with Crippen molar-refractivity contribution in [3.05, 3.63) is 76.4 Å². The Morgan fingerprint density at radius 2 is 1.98 bits per heavy atom. The fourth-order valence-electron chi connectivity index (χ4n) is 7.88. The van der Waals surface area contributed by atoms with E-state index in [0.29, 0.717) is 53.0 Å². The summed E-state index contributed by atoms with van der Waals surface area (Å²) in [7, 11) is 0. The molecule has 2 aromatic heterocycles. The Balaban J connectivity index is 1.21. The first-order chi connectivity index (χ1) is 22.2. The minimum absolute atomic E-state index is 0.135. The van der Waals surface area contributed by atoms with Crippen LogP contribution in [0.2, 0.25) is 0 Å². The van der Waals surface area contributed by atoms with Crippen LogP contribution in [0.25, 0.3) is 10.9 Å². The molecule has 8 rings (SSSR count). The van der Waals surface area contributed by atoms with Crippen LogP contribution in [-0.4, -0.2) is 72.3 Å². The van der Waals surface area contributed by atoms with Crippen molar-refractivity contribution in [2.24, 2.45) is 28.2 Å². The first kappa shape index (κ1) is 30.5. The Hall–Kier alpha value is -4.19. The van der Waals surface area contributed by atoms with Gasteiger partial charge in [0.05, 0.1) is 16.9 Å². The van der Waals surface area contributed by atoms with E-state index >= 15 is 0 Å². The van der Waals surface area contributed by atoms with Gasteiger partial charge in [-0.15, -0.1) is 5.10 Å². The van der Waals surface area contributed by atoms with Crippen LogP contribution in [-0.2, 0) is 19.5 Å². The van der Waals surface area contributed by atoms with Crippen molar-refractivity contribution in [2.45, 2.75) is 72.1 Å². The van der Waals surface area contributed by atoms with Crippen molar-refractivity contribution in [1.29, 1.82) is 0 Å². The molecule has 4 fully saturated rings. The molecule has 0 spiro atoms. The Bertz CT molecular complexity index is 1780. The quantitative estimate of drug-likeness (QED) is 0.234. The van der Waals surface area contributed by atoms with Gasteiger partial charge in [-0.05, 0) is 95.7 Å². The number of halogens is 1. The van der Waals surface area contributed by atoms with Gasteiger partial charge in [-0.2, -0.15) is 0 Å². The molecule has 3 aliphatic carbocycles. The number of piperazine rings is 1. The Labute approximate surface area is 268 Å². The molecule has 242 valence electrons. The number of guanidine groups is 1. The molecule has 1 saturated heterocycles. The maximum Gasteiger partial charge on any atom is 0.261 e. The highest BCUT2D eigenvalue weighted by molar-refractivity contribution is 5.96. The van der Waals surface area contributed by atoms with Crippen molar-refractivity contribution in [1.82, 2.24) is 40.0 Å². The number of aliphatic imine (C=N–C) groups is 1. The van der Waals surface area contributed by atoms with Gasteiger partial charge in [0.25, 0.3) is 5.56 Å². The van der Waals surface area contributed by atoms with Crippen LogP contribution in [0.3, 0.4) is 0 Å². The van der Waals surface area contributed by atoms with Gasteiger partial charge in [0, 0.05) is 37.9 Å². The number of fused-ring (bicyclic) bond motifs is 3. The molecule has 4 aromatic rings. The summed E-state index contributed by atoms with van der Waals surface area (Å²) in [4.78, 5) is 26.6. The fourth-order valence-corrected chi connectivity index (χ4v) is 7.88. The van der Waals surface area contributed by atoms with Crippen molar-refractivity contribution < 1.29 is 4.39 Å². The lowest BCUT2D eigenvalue weighted by Gasteiger charge is -2.61. The second kappa shape index (κ2) is 12.2. The van der Waals surface area contributed by atoms with Gasteiger partial charge >= 0.3 is 0 Å². The largest absolute Gasteiger partial charge is 0.340 e. The van der Waals surface area contributed by atoms with E-state index in [1.807, 2.05) is 18.2 Å². The van der Waals surface area contributed by atoms with Gasteiger partial charge in [-0.1, -0.05) is 32.9 Å². The maximum atomic E-state index is 13.9. The van der Waals surface area contributed by atoms with E-state index in [2.05, 4.69) is 58.8 Å². The van der Waals surface area contributed by atoms with Gasteiger partial charge < -0.3 is 15.5 Å². The Kier molecular flexibility index (Phi) is 8.08. The number of aryl methyl sites for hydroxylation is 1. The SMILES string of the molecule is C[C@@H]1[C@@H](N=C(Nc2ccc3c(=O)n(CCc4ccc(F)cc4)c(Cn4cnnn4)nc3c2)N2CCN[C@@H](C)C2)C[C@@H]2C[C@H]1C2(C)C. The molecule has 5 atom stereocenters. The lowest BCUT2D eigenvalue weighted by atomic mass is 9.45. The van der Waals surface area contributed by atoms with Crippen LogP contribution in [0, 0.1) is 29.0 Å². The molecule has 2 bridgehead atoms. The number of rotatable bonds is 7. The Morgan fingerprint density at radius 3 is 2.70 bits per heavy atom. The lowest BCUT2D eigenvalue weighted by Crippen LogP contribution is -2.57. The molecule has 2 N–H and O–H groups in total. The zero-order chi connectivity index (χ0) is 32.0. The summed E-state index contributed by atoms with van der Waals surface area (Å²) in [6, 6.07) is 12.7. The predicted octanol–water partition coefficient (Wildman–Crippen LogP) is 3.95. The summed E-state index contributed by atoms with van der Waals surface area (Å²) >= 11 is 0. The highest BCUT2D eigenvalue weighted by Gasteiger charge is 2.56. The van der Waals surface area contributed by atoms with Gasteiger partial charge in [-0.25, -0.2) is 19.0 Å². The average molecular weight is 627 g/mol. The third kappa shape index (κ3) is 5.90. The number of nitrogens with zero attached hydrogens (tertiary/aromatic N) is 8. The smallest absolute Gasteiger partial charge is 0.261 e. The molecular formula is C34H43FN10O. The van der Waals surface area contributed by atoms with Gasteiger partial charge in [-0.3, -0.25) is 9.36 Å².